The van der Waals surface area contributed by atoms with Crippen LogP contribution < -0.4 is 24.8 Å². The number of anilines is 1. The van der Waals surface area contributed by atoms with Gasteiger partial charge >= 0.3 is 0 Å². The molecule has 0 aliphatic rings. The molecule has 0 spiro atoms. The van der Waals surface area contributed by atoms with Gasteiger partial charge in [-0.05, 0) is 81.4 Å². The van der Waals surface area contributed by atoms with Crippen molar-refractivity contribution in [1.29, 1.82) is 0 Å². The standard InChI is InChI=1S/C27H27N3O5S/c1-14-10-23(35-22-7-8-28-21-13-25(33-6)24(32-5)12-19(21)22)15(2)9-20(14)29-27(36)30-26(31)18-11-16(3)34-17(18)4/h7-13H,1-6H3,(H2,29,30,31,36). The second kappa shape index (κ2) is 10.2. The summed E-state index contributed by atoms with van der Waals surface area (Å²) < 4.78 is 22.6. The van der Waals surface area contributed by atoms with Crippen LogP contribution in [0.3, 0.4) is 0 Å². The number of benzene rings is 2. The van der Waals surface area contributed by atoms with Gasteiger partial charge < -0.3 is 23.9 Å². The van der Waals surface area contributed by atoms with E-state index in [9.17, 15) is 4.79 Å². The molecule has 0 unspecified atom stereocenters. The van der Waals surface area contributed by atoms with Crippen LogP contribution in [0.1, 0.15) is 33.0 Å². The van der Waals surface area contributed by atoms with Gasteiger partial charge in [0.05, 0.1) is 25.3 Å². The van der Waals surface area contributed by atoms with Crippen molar-refractivity contribution >= 4 is 39.8 Å². The summed E-state index contributed by atoms with van der Waals surface area (Å²) >= 11 is 5.37. The molecule has 0 atom stereocenters. The SMILES string of the molecule is COc1cc2nccc(Oc3cc(C)c(NC(=S)NC(=O)c4cc(C)oc4C)cc3C)c2cc1OC. The zero-order valence-corrected chi connectivity index (χ0v) is 21.8. The Balaban J connectivity index is 1.54. The largest absolute Gasteiger partial charge is 0.493 e. The van der Waals surface area contributed by atoms with E-state index < -0.39 is 0 Å². The maximum atomic E-state index is 12.5. The minimum absolute atomic E-state index is 0.190. The first-order valence-electron chi connectivity index (χ1n) is 11.2. The Morgan fingerprint density at radius 1 is 0.917 bits per heavy atom. The molecule has 2 N–H and O–H groups in total. The molecular formula is C27H27N3O5S. The van der Waals surface area contributed by atoms with Crippen LogP contribution in [-0.4, -0.2) is 30.2 Å². The zero-order valence-electron chi connectivity index (χ0n) is 20.9. The lowest BCUT2D eigenvalue weighted by Crippen LogP contribution is -2.34. The second-order valence-corrected chi connectivity index (χ2v) is 8.71. The first-order valence-corrected chi connectivity index (χ1v) is 11.6. The number of methoxy groups -OCH3 is 2. The summed E-state index contributed by atoms with van der Waals surface area (Å²) in [5.74, 6) is 3.38. The Hall–Kier alpha value is -4.11. The molecule has 0 aliphatic carbocycles. The molecule has 2 aromatic heterocycles. The average Bonchev–Trinajstić information content (AvgIpc) is 3.19. The number of aromatic nitrogens is 1. The first-order chi connectivity index (χ1) is 17.2. The Labute approximate surface area is 214 Å². The number of furan rings is 1. The van der Waals surface area contributed by atoms with E-state index >= 15 is 0 Å². The van der Waals surface area contributed by atoms with Crippen LogP contribution in [0, 0.1) is 27.7 Å². The summed E-state index contributed by atoms with van der Waals surface area (Å²) in [5.41, 5.74) is 3.70. The van der Waals surface area contributed by atoms with Gasteiger partial charge in [-0.2, -0.15) is 0 Å². The van der Waals surface area contributed by atoms with Gasteiger partial charge in [-0.3, -0.25) is 15.1 Å². The van der Waals surface area contributed by atoms with E-state index in [2.05, 4.69) is 15.6 Å². The number of fused-ring (bicyclic) bond motifs is 1. The van der Waals surface area contributed by atoms with E-state index in [1.165, 1.54) is 0 Å². The fourth-order valence-corrected chi connectivity index (χ4v) is 4.07. The Morgan fingerprint density at radius 2 is 1.64 bits per heavy atom. The molecule has 1 amide bonds. The third-order valence-corrected chi connectivity index (χ3v) is 5.91. The third-order valence-electron chi connectivity index (χ3n) is 5.71. The van der Waals surface area contributed by atoms with Gasteiger partial charge in [0, 0.05) is 23.3 Å². The Morgan fingerprint density at radius 3 is 2.31 bits per heavy atom. The Bertz CT molecular complexity index is 1480. The van der Waals surface area contributed by atoms with E-state index in [-0.39, 0.29) is 11.0 Å². The second-order valence-electron chi connectivity index (χ2n) is 8.30. The predicted octanol–water partition coefficient (Wildman–Crippen LogP) is 6.00. The highest BCUT2D eigenvalue weighted by Crippen LogP contribution is 2.38. The third kappa shape index (κ3) is 5.11. The fraction of sp³-hybridized carbons (Fsp3) is 0.222. The number of aryl methyl sites for hydroxylation is 4. The summed E-state index contributed by atoms with van der Waals surface area (Å²) in [6.45, 7) is 7.40. The molecule has 0 bridgehead atoms. The van der Waals surface area contributed by atoms with Crippen LogP contribution >= 0.6 is 12.2 Å². The molecule has 8 nitrogen and oxygen atoms in total. The zero-order chi connectivity index (χ0) is 26.0. The van der Waals surface area contributed by atoms with Gasteiger partial charge in [-0.25, -0.2) is 0 Å². The molecule has 186 valence electrons. The number of thiocarbonyl (C=S) groups is 1. The number of nitrogens with one attached hydrogen (secondary N) is 2. The highest BCUT2D eigenvalue weighted by atomic mass is 32.1. The molecule has 0 aliphatic heterocycles. The van der Waals surface area contributed by atoms with Crippen molar-refractivity contribution in [2.24, 2.45) is 0 Å². The molecule has 4 aromatic rings. The van der Waals surface area contributed by atoms with Gasteiger partial charge in [0.1, 0.15) is 23.0 Å². The van der Waals surface area contributed by atoms with E-state index in [4.69, 9.17) is 30.8 Å². The number of pyridine rings is 1. The minimum atomic E-state index is -0.326. The molecule has 4 rings (SSSR count). The number of ether oxygens (including phenoxy) is 3. The summed E-state index contributed by atoms with van der Waals surface area (Å²) in [5, 5.41) is 6.79. The van der Waals surface area contributed by atoms with Crippen LogP contribution in [-0.2, 0) is 0 Å². The lowest BCUT2D eigenvalue weighted by atomic mass is 10.1. The topological polar surface area (TPSA) is 94.9 Å². The lowest BCUT2D eigenvalue weighted by Gasteiger charge is -2.17. The number of hydrogen-bond donors (Lipinski definition) is 2. The van der Waals surface area contributed by atoms with Crippen LogP contribution in [0.25, 0.3) is 10.9 Å². The lowest BCUT2D eigenvalue weighted by molar-refractivity contribution is 0.0976. The van der Waals surface area contributed by atoms with Gasteiger partial charge in [0.2, 0.25) is 0 Å². The smallest absolute Gasteiger partial charge is 0.260 e. The van der Waals surface area contributed by atoms with Crippen LogP contribution in [0.4, 0.5) is 5.69 Å². The number of hydrogen-bond acceptors (Lipinski definition) is 7. The summed E-state index contributed by atoms with van der Waals surface area (Å²) in [6, 6.07) is 11.0. The number of carbonyl (C=O) groups excluding carboxylic acids is 1. The van der Waals surface area contributed by atoms with Gasteiger partial charge in [-0.1, -0.05) is 0 Å². The van der Waals surface area contributed by atoms with E-state index in [0.29, 0.717) is 40.1 Å². The number of nitrogens with zero attached hydrogens (tertiary/aromatic N) is 1. The fourth-order valence-electron chi connectivity index (χ4n) is 3.87. The van der Waals surface area contributed by atoms with Crippen molar-refractivity contribution in [1.82, 2.24) is 10.3 Å². The van der Waals surface area contributed by atoms with Crippen molar-refractivity contribution in [2.45, 2.75) is 27.7 Å². The normalized spacial score (nSPS) is 10.7. The van der Waals surface area contributed by atoms with Crippen molar-refractivity contribution < 1.29 is 23.4 Å². The quantitative estimate of drug-likeness (QED) is 0.308. The van der Waals surface area contributed by atoms with Crippen molar-refractivity contribution in [3.63, 3.8) is 0 Å². The molecule has 0 fully saturated rings. The number of rotatable bonds is 6. The maximum absolute atomic E-state index is 12.5. The summed E-state index contributed by atoms with van der Waals surface area (Å²) in [6.07, 6.45) is 1.69. The van der Waals surface area contributed by atoms with Crippen molar-refractivity contribution in [3.05, 3.63) is 70.8 Å². The highest BCUT2D eigenvalue weighted by Gasteiger charge is 2.16. The monoisotopic (exact) mass is 505 g/mol. The molecule has 2 heterocycles. The molecule has 9 heteroatoms. The highest BCUT2D eigenvalue weighted by molar-refractivity contribution is 7.80. The molecular weight excluding hydrogens is 478 g/mol. The van der Waals surface area contributed by atoms with E-state index in [1.807, 2.05) is 38.1 Å². The van der Waals surface area contributed by atoms with Crippen molar-refractivity contribution in [3.8, 4) is 23.0 Å². The molecule has 2 aromatic carbocycles. The van der Waals surface area contributed by atoms with Crippen LogP contribution in [0.2, 0.25) is 0 Å². The van der Waals surface area contributed by atoms with Gasteiger partial charge in [0.15, 0.2) is 16.6 Å². The molecule has 0 saturated heterocycles. The van der Waals surface area contributed by atoms with Gasteiger partial charge in [0.25, 0.3) is 5.91 Å². The molecule has 36 heavy (non-hydrogen) atoms. The average molecular weight is 506 g/mol. The van der Waals surface area contributed by atoms with Crippen LogP contribution in [0.5, 0.6) is 23.0 Å². The van der Waals surface area contributed by atoms with Gasteiger partial charge in [-0.15, -0.1) is 0 Å². The predicted molar refractivity (Wildman–Crippen MR) is 143 cm³/mol. The van der Waals surface area contributed by atoms with E-state index in [1.54, 1.807) is 46.4 Å². The number of amides is 1. The maximum Gasteiger partial charge on any atom is 0.260 e. The molecule has 0 saturated carbocycles. The Kier molecular flexibility index (Phi) is 7.12. The van der Waals surface area contributed by atoms with E-state index in [0.717, 1.165) is 27.7 Å². The number of carbonyl (C=O) groups is 1. The minimum Gasteiger partial charge on any atom is -0.493 e. The first kappa shape index (κ1) is 25.0. The summed E-state index contributed by atoms with van der Waals surface area (Å²) in [4.78, 5) is 17.0. The summed E-state index contributed by atoms with van der Waals surface area (Å²) in [7, 11) is 3.17. The molecule has 0 radical (unpaired) electrons. The van der Waals surface area contributed by atoms with Crippen LogP contribution in [0.15, 0.2) is 47.0 Å². The van der Waals surface area contributed by atoms with Crippen molar-refractivity contribution in [2.75, 3.05) is 19.5 Å².